The number of hydrogen-bond donors (Lipinski definition) is 0. The second-order valence-corrected chi connectivity index (χ2v) is 32.1. The lowest BCUT2D eigenvalue weighted by atomic mass is 9.82. The minimum absolute atomic E-state index is 0.683. The zero-order valence-corrected chi connectivity index (χ0v) is 64.8. The third kappa shape index (κ3) is 12.7. The van der Waals surface area contributed by atoms with Crippen LogP contribution >= 0.6 is 0 Å². The van der Waals surface area contributed by atoms with Crippen molar-refractivity contribution in [1.82, 2.24) is 0 Å². The van der Waals surface area contributed by atoms with Gasteiger partial charge in [-0.25, -0.2) is 0 Å². The Labute approximate surface area is 683 Å². The molecule has 0 atom stereocenters. The Hall–Kier alpha value is -14.6. The Morgan fingerprint density at radius 3 is 0.419 bits per heavy atom. The average molecular weight is 1490 g/mol. The summed E-state index contributed by atoms with van der Waals surface area (Å²) in [5.41, 5.74) is 39.3. The van der Waals surface area contributed by atoms with Crippen LogP contribution in [0.15, 0.2) is 437 Å². The van der Waals surface area contributed by atoms with Gasteiger partial charge in [-0.15, -0.1) is 0 Å². The van der Waals surface area contributed by atoms with E-state index in [0.29, 0.717) is 4.48 Å². The topological polar surface area (TPSA) is 0 Å². The van der Waals surface area contributed by atoms with E-state index in [1.165, 1.54) is 221 Å². The van der Waals surface area contributed by atoms with Gasteiger partial charge < -0.3 is 4.48 Å². The lowest BCUT2D eigenvalue weighted by Gasteiger charge is -2.38. The number of nitrogens with zero attached hydrogens (tertiary/aromatic N) is 1. The molecular weight excluding hydrogens is 1410 g/mol. The Balaban J connectivity index is 0.865. The summed E-state index contributed by atoms with van der Waals surface area (Å²) in [7, 11) is 0. The molecule has 2 aliphatic heterocycles. The van der Waals surface area contributed by atoms with Crippen LogP contribution in [-0.4, -0.2) is 4.48 Å². The Bertz CT molecular complexity index is 6130. The van der Waals surface area contributed by atoms with Gasteiger partial charge in [-0.1, -0.05) is 340 Å². The zero-order chi connectivity index (χ0) is 77.3. The molecule has 2 heterocycles. The fourth-order valence-electron chi connectivity index (χ4n) is 19.7. The number of hydrogen-bond acceptors (Lipinski definition) is 0. The van der Waals surface area contributed by atoms with Crippen molar-refractivity contribution in [1.29, 1.82) is 0 Å². The molecule has 0 N–H and O–H groups in total. The van der Waals surface area contributed by atoms with E-state index in [1.54, 1.807) is 0 Å². The van der Waals surface area contributed by atoms with Crippen LogP contribution in [0.1, 0.15) is 22.3 Å². The van der Waals surface area contributed by atoms with Crippen LogP contribution in [0.4, 0.5) is 0 Å². The second-order valence-electron chi connectivity index (χ2n) is 32.1. The molecule has 22 rings (SSSR count). The third-order valence-electron chi connectivity index (χ3n) is 24.9. The van der Waals surface area contributed by atoms with Gasteiger partial charge in [0.25, 0.3) is 0 Å². The van der Waals surface area contributed by atoms with Gasteiger partial charge in [-0.2, -0.15) is 0 Å². The number of rotatable bonds is 12. The Morgan fingerprint density at radius 1 is 0.120 bits per heavy atom. The molecule has 117 heavy (non-hydrogen) atoms. The SMILES string of the molecule is c1ccc(-c2cc(-c3ccccc3)cc(-c3cc4c(c5ccccc35)-c3c(cc(-c5cc(-c6ccccc6)cc(-c6ccccc6)c5)c5ccccc35)C[N+]3(C4)Cc4cc(-c5cc(-c6ccccc6)cc(-c6ccccc6)c5)c5ccccc5c4-c4c(cc(-c5cc(-c6ccccc6)cc(-c6ccccc6)c5)c5ccccc45)C3)c2)cc1. The molecule has 0 unspecified atom stereocenters. The molecule has 0 aromatic heterocycles. The molecule has 0 bridgehead atoms. The van der Waals surface area contributed by atoms with Gasteiger partial charge in [0.15, 0.2) is 0 Å². The van der Waals surface area contributed by atoms with Crippen LogP contribution in [0.25, 0.3) is 199 Å². The zero-order valence-electron chi connectivity index (χ0n) is 64.8. The lowest BCUT2D eigenvalue weighted by Crippen LogP contribution is -2.44. The van der Waals surface area contributed by atoms with Gasteiger partial charge in [0.2, 0.25) is 0 Å². The molecule has 20 aromatic carbocycles. The highest BCUT2D eigenvalue weighted by atomic mass is 15.4. The van der Waals surface area contributed by atoms with E-state index < -0.39 is 0 Å². The fourth-order valence-corrected chi connectivity index (χ4v) is 19.7. The molecular formula is C116H80N+. The van der Waals surface area contributed by atoms with E-state index in [0.717, 1.165) is 26.2 Å². The number of fused-ring (bicyclic) bond motifs is 14. The van der Waals surface area contributed by atoms with Gasteiger partial charge in [-0.05, 0) is 296 Å². The fraction of sp³-hybridized carbons (Fsp3) is 0.0345. The molecule has 1 heteroatoms. The Morgan fingerprint density at radius 2 is 0.256 bits per heavy atom. The summed E-state index contributed by atoms with van der Waals surface area (Å²) in [5, 5.41) is 9.95. The van der Waals surface area contributed by atoms with Crippen molar-refractivity contribution in [3.05, 3.63) is 459 Å². The van der Waals surface area contributed by atoms with E-state index in [1.807, 2.05) is 0 Å². The largest absolute Gasteiger partial charge is 0.309 e. The average Bonchev–Trinajstić information content (AvgIpc) is 1.60. The highest BCUT2D eigenvalue weighted by Gasteiger charge is 2.41. The van der Waals surface area contributed by atoms with Crippen molar-refractivity contribution in [2.24, 2.45) is 0 Å². The summed E-state index contributed by atoms with van der Waals surface area (Å²) in [6, 6.07) is 165. The van der Waals surface area contributed by atoms with Crippen LogP contribution < -0.4 is 0 Å². The molecule has 2 aliphatic rings. The van der Waals surface area contributed by atoms with E-state index in [4.69, 9.17) is 0 Å². The first-order valence-corrected chi connectivity index (χ1v) is 41.0. The van der Waals surface area contributed by atoms with Crippen molar-refractivity contribution < 1.29 is 4.48 Å². The van der Waals surface area contributed by atoms with E-state index in [9.17, 15) is 0 Å². The molecule has 0 aliphatic carbocycles. The summed E-state index contributed by atoms with van der Waals surface area (Å²) in [4.78, 5) is 0. The molecule has 0 fully saturated rings. The van der Waals surface area contributed by atoms with Crippen molar-refractivity contribution in [2.45, 2.75) is 26.2 Å². The van der Waals surface area contributed by atoms with Crippen LogP contribution in [0.2, 0.25) is 0 Å². The summed E-state index contributed by atoms with van der Waals surface area (Å²) >= 11 is 0. The van der Waals surface area contributed by atoms with E-state index >= 15 is 0 Å². The predicted octanol–water partition coefficient (Wildman–Crippen LogP) is 31.2. The van der Waals surface area contributed by atoms with Gasteiger partial charge in [0.1, 0.15) is 26.2 Å². The summed E-state index contributed by atoms with van der Waals surface area (Å²) in [6.07, 6.45) is 0. The minimum Gasteiger partial charge on any atom is -0.309 e. The van der Waals surface area contributed by atoms with Crippen LogP contribution in [0, 0.1) is 0 Å². The maximum Gasteiger partial charge on any atom is 0.106 e. The molecule has 0 amide bonds. The highest BCUT2D eigenvalue weighted by molar-refractivity contribution is 6.17. The Kier molecular flexibility index (Phi) is 17.2. The molecule has 20 aromatic rings. The monoisotopic (exact) mass is 1490 g/mol. The van der Waals surface area contributed by atoms with Crippen LogP contribution in [0.5, 0.6) is 0 Å². The predicted molar refractivity (Wildman–Crippen MR) is 494 cm³/mol. The van der Waals surface area contributed by atoms with Crippen molar-refractivity contribution in [2.75, 3.05) is 0 Å². The maximum atomic E-state index is 2.66. The van der Waals surface area contributed by atoms with Crippen molar-refractivity contribution >= 4 is 43.1 Å². The maximum absolute atomic E-state index is 2.66. The summed E-state index contributed by atoms with van der Waals surface area (Å²) in [5.74, 6) is 0. The molecule has 0 saturated carbocycles. The molecule has 0 radical (unpaired) electrons. The normalized spacial score (nSPS) is 12.7. The molecule has 1 nitrogen and oxygen atoms in total. The van der Waals surface area contributed by atoms with Gasteiger partial charge >= 0.3 is 0 Å². The lowest BCUT2D eigenvalue weighted by molar-refractivity contribution is -0.977. The molecule has 548 valence electrons. The quantitative estimate of drug-likeness (QED) is 0.107. The highest BCUT2D eigenvalue weighted by Crippen LogP contribution is 2.55. The van der Waals surface area contributed by atoms with Crippen molar-refractivity contribution in [3.63, 3.8) is 0 Å². The van der Waals surface area contributed by atoms with Crippen LogP contribution in [0.3, 0.4) is 0 Å². The van der Waals surface area contributed by atoms with E-state index in [-0.39, 0.29) is 0 Å². The summed E-state index contributed by atoms with van der Waals surface area (Å²) in [6.45, 7) is 2.90. The first kappa shape index (κ1) is 69.1. The standard InChI is InChI=1S/C116H80N/c1-9-33-77(34-10-1)85-57-86(78-35-11-2-12-36-78)62-93(61-85)109-69-97-73-117(74-98-70-110(102-50-26-30-54-106(102)114(98)113(97)105-53-29-25-49-101(105)109)94-63-87(79-37-13-3-14-38-79)58-88(64-94)80-39-15-4-16-40-80)75-99-71-111(95-65-89(81-41-17-5-18-42-81)59-90(66-95)82-43-19-6-20-44-82)103-51-27-31-55-107(103)115(99)116-100(76-117)72-112(104-52-28-32-56-108(104)116)96-67-91(83-45-21-7-22-46-83)60-92(68-96)84-47-23-8-24-48-84/h1-72H,73-76H2/q+1. The third-order valence-corrected chi connectivity index (χ3v) is 24.9. The number of benzene rings is 20. The first-order chi connectivity index (χ1) is 57.9. The van der Waals surface area contributed by atoms with Gasteiger partial charge in [-0.3, -0.25) is 0 Å². The molecule has 1 spiro atoms. The van der Waals surface area contributed by atoms with Crippen LogP contribution in [-0.2, 0) is 26.2 Å². The minimum atomic E-state index is 0.683. The second kappa shape index (κ2) is 29.1. The van der Waals surface area contributed by atoms with Gasteiger partial charge in [0.05, 0.1) is 0 Å². The van der Waals surface area contributed by atoms with Crippen molar-refractivity contribution in [3.8, 4) is 156 Å². The number of quaternary nitrogens is 1. The van der Waals surface area contributed by atoms with E-state index in [2.05, 4.69) is 437 Å². The van der Waals surface area contributed by atoms with Gasteiger partial charge in [0, 0.05) is 22.3 Å². The summed E-state index contributed by atoms with van der Waals surface area (Å²) < 4.78 is 0.683. The molecule has 0 saturated heterocycles. The smallest absolute Gasteiger partial charge is 0.106 e. The first-order valence-electron chi connectivity index (χ1n) is 41.0.